The zero-order valence-electron chi connectivity index (χ0n) is 14.9. The van der Waals surface area contributed by atoms with Crippen LogP contribution in [0.2, 0.25) is 0 Å². The number of amides is 1. The minimum atomic E-state index is -3.88. The zero-order valence-corrected chi connectivity index (χ0v) is 15.7. The number of benzene rings is 3. The van der Waals surface area contributed by atoms with E-state index >= 15 is 0 Å². The smallest absolute Gasteiger partial charge is 0.310 e. The first kappa shape index (κ1) is 18.2. The SMILES string of the molecule is O=C(Cc1ccc2ccccc2c1)OCCN1C(=O)c2ccccc2S1(=O)=O. The maximum Gasteiger partial charge on any atom is 0.310 e. The molecule has 1 aliphatic heterocycles. The third kappa shape index (κ3) is 3.25. The summed E-state index contributed by atoms with van der Waals surface area (Å²) in [5, 5.41) is 2.11. The van der Waals surface area contributed by atoms with Crippen LogP contribution >= 0.6 is 0 Å². The van der Waals surface area contributed by atoms with Crippen molar-refractivity contribution in [3.8, 4) is 0 Å². The second kappa shape index (κ2) is 7.09. The van der Waals surface area contributed by atoms with E-state index in [4.69, 9.17) is 4.74 Å². The molecule has 4 rings (SSSR count). The van der Waals surface area contributed by atoms with Crippen LogP contribution in [0.1, 0.15) is 15.9 Å². The van der Waals surface area contributed by atoms with E-state index in [1.165, 1.54) is 12.1 Å². The number of carbonyl (C=O) groups is 2. The van der Waals surface area contributed by atoms with Crippen molar-refractivity contribution in [1.82, 2.24) is 4.31 Å². The number of hydrogen-bond acceptors (Lipinski definition) is 5. The molecular formula is C21H17NO5S. The van der Waals surface area contributed by atoms with Crippen molar-refractivity contribution in [3.63, 3.8) is 0 Å². The highest BCUT2D eigenvalue weighted by molar-refractivity contribution is 7.90. The van der Waals surface area contributed by atoms with Crippen LogP contribution in [0.25, 0.3) is 10.8 Å². The van der Waals surface area contributed by atoms with Gasteiger partial charge in [-0.25, -0.2) is 12.7 Å². The summed E-state index contributed by atoms with van der Waals surface area (Å²) in [5.41, 5.74) is 0.950. The van der Waals surface area contributed by atoms with Gasteiger partial charge in [-0.05, 0) is 28.5 Å². The maximum atomic E-state index is 12.5. The lowest BCUT2D eigenvalue weighted by Crippen LogP contribution is -2.33. The maximum absolute atomic E-state index is 12.5. The van der Waals surface area contributed by atoms with Gasteiger partial charge in [-0.3, -0.25) is 9.59 Å². The number of rotatable bonds is 5. The van der Waals surface area contributed by atoms with Crippen LogP contribution < -0.4 is 0 Å². The monoisotopic (exact) mass is 395 g/mol. The van der Waals surface area contributed by atoms with Gasteiger partial charge in [0.1, 0.15) is 11.5 Å². The molecule has 0 aromatic heterocycles. The molecule has 0 saturated carbocycles. The number of nitrogens with zero attached hydrogens (tertiary/aromatic N) is 1. The van der Waals surface area contributed by atoms with Crippen LogP contribution in [0.3, 0.4) is 0 Å². The number of carbonyl (C=O) groups excluding carboxylic acids is 2. The van der Waals surface area contributed by atoms with Crippen LogP contribution in [0.5, 0.6) is 0 Å². The molecule has 7 heteroatoms. The number of sulfonamides is 1. The van der Waals surface area contributed by atoms with Crippen molar-refractivity contribution >= 4 is 32.7 Å². The second-order valence-corrected chi connectivity index (χ2v) is 8.29. The molecule has 0 saturated heterocycles. The minimum Gasteiger partial charge on any atom is -0.463 e. The Balaban J connectivity index is 1.37. The topological polar surface area (TPSA) is 80.8 Å². The summed E-state index contributed by atoms with van der Waals surface area (Å²) < 4.78 is 30.8. The van der Waals surface area contributed by atoms with E-state index in [2.05, 4.69) is 0 Å². The predicted octanol–water partition coefficient (Wildman–Crippen LogP) is 2.77. The molecule has 0 spiro atoms. The lowest BCUT2D eigenvalue weighted by atomic mass is 10.1. The van der Waals surface area contributed by atoms with E-state index in [9.17, 15) is 18.0 Å². The molecule has 0 radical (unpaired) electrons. The summed E-state index contributed by atoms with van der Waals surface area (Å²) in [7, 11) is -3.88. The van der Waals surface area contributed by atoms with Gasteiger partial charge >= 0.3 is 5.97 Å². The molecule has 0 unspecified atom stereocenters. The van der Waals surface area contributed by atoms with Gasteiger partial charge in [0.15, 0.2) is 0 Å². The molecule has 1 aliphatic rings. The highest BCUT2D eigenvalue weighted by Crippen LogP contribution is 2.29. The lowest BCUT2D eigenvalue weighted by Gasteiger charge is -2.15. The molecule has 0 fully saturated rings. The van der Waals surface area contributed by atoms with Crippen LogP contribution in [0.4, 0.5) is 0 Å². The van der Waals surface area contributed by atoms with Crippen molar-refractivity contribution in [3.05, 3.63) is 77.9 Å². The van der Waals surface area contributed by atoms with Gasteiger partial charge < -0.3 is 4.74 Å². The van der Waals surface area contributed by atoms with Gasteiger partial charge in [0, 0.05) is 0 Å². The van der Waals surface area contributed by atoms with E-state index in [1.54, 1.807) is 12.1 Å². The molecule has 1 amide bonds. The fourth-order valence-corrected chi connectivity index (χ4v) is 4.81. The largest absolute Gasteiger partial charge is 0.463 e. The molecule has 6 nitrogen and oxygen atoms in total. The molecule has 1 heterocycles. The van der Waals surface area contributed by atoms with E-state index in [0.717, 1.165) is 20.6 Å². The van der Waals surface area contributed by atoms with Gasteiger partial charge in [-0.1, -0.05) is 54.6 Å². The van der Waals surface area contributed by atoms with E-state index < -0.39 is 21.9 Å². The molecule has 0 aliphatic carbocycles. The van der Waals surface area contributed by atoms with Crippen molar-refractivity contribution < 1.29 is 22.7 Å². The van der Waals surface area contributed by atoms with Gasteiger partial charge in [0.2, 0.25) is 0 Å². The molecule has 0 bridgehead atoms. The van der Waals surface area contributed by atoms with Gasteiger partial charge in [0.05, 0.1) is 18.5 Å². The summed E-state index contributed by atoms with van der Waals surface area (Å²) >= 11 is 0. The first-order chi connectivity index (χ1) is 13.5. The van der Waals surface area contributed by atoms with Crippen molar-refractivity contribution in [2.75, 3.05) is 13.2 Å². The number of hydrogen-bond donors (Lipinski definition) is 0. The quantitative estimate of drug-likeness (QED) is 0.621. The summed E-state index contributed by atoms with van der Waals surface area (Å²) in [6.45, 7) is -0.398. The Morgan fingerprint density at radius 2 is 1.64 bits per heavy atom. The van der Waals surface area contributed by atoms with Crippen LogP contribution in [0, 0.1) is 0 Å². The number of ether oxygens (including phenoxy) is 1. The Kier molecular flexibility index (Phi) is 4.60. The number of fused-ring (bicyclic) bond motifs is 2. The third-order valence-electron chi connectivity index (χ3n) is 4.63. The predicted molar refractivity (Wildman–Crippen MR) is 103 cm³/mol. The van der Waals surface area contributed by atoms with Gasteiger partial charge in [0.25, 0.3) is 15.9 Å². The molecule has 3 aromatic rings. The van der Waals surface area contributed by atoms with Crippen LogP contribution in [0.15, 0.2) is 71.6 Å². The van der Waals surface area contributed by atoms with E-state index in [1.807, 2.05) is 42.5 Å². The second-order valence-electron chi connectivity index (χ2n) is 6.46. The molecule has 28 heavy (non-hydrogen) atoms. The summed E-state index contributed by atoms with van der Waals surface area (Å²) in [5.74, 6) is -1.07. The molecular weight excluding hydrogens is 378 g/mol. The van der Waals surface area contributed by atoms with E-state index in [-0.39, 0.29) is 30.0 Å². The lowest BCUT2D eigenvalue weighted by molar-refractivity contribution is -0.142. The summed E-state index contributed by atoms with van der Waals surface area (Å²) in [4.78, 5) is 24.4. The van der Waals surface area contributed by atoms with Gasteiger partial charge in [-0.2, -0.15) is 0 Å². The Morgan fingerprint density at radius 1 is 0.929 bits per heavy atom. The normalized spacial score (nSPS) is 14.9. The highest BCUT2D eigenvalue weighted by Gasteiger charge is 2.40. The highest BCUT2D eigenvalue weighted by atomic mass is 32.2. The van der Waals surface area contributed by atoms with Crippen LogP contribution in [-0.2, 0) is 26.0 Å². The summed E-state index contributed by atoms with van der Waals surface area (Å²) in [6, 6.07) is 19.6. The molecule has 0 atom stereocenters. The van der Waals surface area contributed by atoms with Crippen molar-refractivity contribution in [2.24, 2.45) is 0 Å². The first-order valence-electron chi connectivity index (χ1n) is 8.76. The Hall–Kier alpha value is -3.19. The Labute approximate surface area is 162 Å². The van der Waals surface area contributed by atoms with Gasteiger partial charge in [-0.15, -0.1) is 0 Å². The fourth-order valence-electron chi connectivity index (χ4n) is 3.26. The minimum absolute atomic E-state index is 0.0116. The number of esters is 1. The average molecular weight is 395 g/mol. The van der Waals surface area contributed by atoms with Crippen LogP contribution in [-0.4, -0.2) is 37.8 Å². The molecule has 142 valence electrons. The zero-order chi connectivity index (χ0) is 19.7. The standard InChI is InChI=1S/C21H17NO5S/c23-20(14-15-9-10-16-5-1-2-6-17(16)13-15)27-12-11-22-21(24)18-7-3-4-8-19(18)28(22,25)26/h1-10,13H,11-12,14H2. The fraction of sp³-hybridized carbons (Fsp3) is 0.143. The summed E-state index contributed by atoms with van der Waals surface area (Å²) in [6.07, 6.45) is 0.0752. The van der Waals surface area contributed by atoms with E-state index in [0.29, 0.717) is 0 Å². The van der Waals surface area contributed by atoms with Crippen molar-refractivity contribution in [1.29, 1.82) is 0 Å². The van der Waals surface area contributed by atoms with Crippen molar-refractivity contribution in [2.45, 2.75) is 11.3 Å². The molecule has 0 N–H and O–H groups in total. The third-order valence-corrected chi connectivity index (χ3v) is 6.47. The first-order valence-corrected chi connectivity index (χ1v) is 10.2. The Bertz CT molecular complexity index is 1190. The molecule has 3 aromatic carbocycles. The average Bonchev–Trinajstić information content (AvgIpc) is 2.89. The Morgan fingerprint density at radius 3 is 2.43 bits per heavy atom.